The Morgan fingerprint density at radius 1 is 1.41 bits per heavy atom. The van der Waals surface area contributed by atoms with Crippen LogP contribution >= 0.6 is 23.4 Å². The fraction of sp³-hybridized carbons (Fsp3) is 0.143. The van der Waals surface area contributed by atoms with Crippen molar-refractivity contribution in [3.63, 3.8) is 0 Å². The van der Waals surface area contributed by atoms with Crippen LogP contribution in [0.25, 0.3) is 16.7 Å². The van der Waals surface area contributed by atoms with E-state index in [1.54, 1.807) is 24.0 Å². The second kappa shape index (κ2) is 6.33. The number of hydrogen-bond acceptors (Lipinski definition) is 5. The van der Waals surface area contributed by atoms with Gasteiger partial charge in [-0.25, -0.2) is 14.6 Å². The van der Waals surface area contributed by atoms with Crippen LogP contribution < -0.4 is 5.32 Å². The number of amides is 1. The molecule has 0 atom stereocenters. The third-order valence-electron chi connectivity index (χ3n) is 3.00. The van der Waals surface area contributed by atoms with Gasteiger partial charge in [0.1, 0.15) is 11.4 Å². The summed E-state index contributed by atoms with van der Waals surface area (Å²) in [5.41, 5.74) is 1.50. The molecular weight excluding hydrogens is 322 g/mol. The number of benzene rings is 1. The summed E-state index contributed by atoms with van der Waals surface area (Å²) >= 11 is 7.37. The number of rotatable bonds is 4. The summed E-state index contributed by atoms with van der Waals surface area (Å²) in [4.78, 5) is 19.9. The van der Waals surface area contributed by atoms with Crippen molar-refractivity contribution in [1.29, 1.82) is 0 Å². The number of carbonyl (C=O) groups excluding carboxylic acids is 1. The molecule has 0 spiro atoms. The molecule has 3 rings (SSSR count). The molecule has 0 aliphatic heterocycles. The van der Waals surface area contributed by atoms with Gasteiger partial charge >= 0.3 is 0 Å². The van der Waals surface area contributed by atoms with Gasteiger partial charge in [-0.05, 0) is 18.2 Å². The number of thioether (sulfide) groups is 1. The molecule has 0 unspecified atom stereocenters. The summed E-state index contributed by atoms with van der Waals surface area (Å²) in [7, 11) is 1.61. The second-order valence-electron chi connectivity index (χ2n) is 4.41. The molecule has 3 aromatic rings. The fourth-order valence-corrected chi connectivity index (χ4v) is 2.96. The van der Waals surface area contributed by atoms with Crippen LogP contribution in [0.2, 0.25) is 5.02 Å². The first-order chi connectivity index (χ1) is 10.7. The van der Waals surface area contributed by atoms with Gasteiger partial charge in [0.2, 0.25) is 5.91 Å². The minimum Gasteiger partial charge on any atom is -0.358 e. The largest absolute Gasteiger partial charge is 0.358 e. The Morgan fingerprint density at radius 3 is 3.05 bits per heavy atom. The van der Waals surface area contributed by atoms with E-state index >= 15 is 0 Å². The van der Waals surface area contributed by atoms with E-state index in [9.17, 15) is 4.79 Å². The highest BCUT2D eigenvalue weighted by molar-refractivity contribution is 8.00. The highest BCUT2D eigenvalue weighted by atomic mass is 35.5. The van der Waals surface area contributed by atoms with E-state index in [1.807, 2.05) is 18.2 Å². The predicted octanol–water partition coefficient (Wildman–Crippen LogP) is 2.31. The first kappa shape index (κ1) is 14.8. The standard InChI is InChI=1S/C14H12ClN5OS/c1-16-12(21)7-22-14-11-6-19-20(13(11)17-8-18-14)10-4-2-3-9(15)5-10/h2-6,8H,7H2,1H3,(H,16,21). The summed E-state index contributed by atoms with van der Waals surface area (Å²) in [6.07, 6.45) is 3.17. The molecule has 22 heavy (non-hydrogen) atoms. The van der Waals surface area contributed by atoms with Crippen molar-refractivity contribution in [2.75, 3.05) is 12.8 Å². The van der Waals surface area contributed by atoms with E-state index in [1.165, 1.54) is 18.1 Å². The molecule has 8 heteroatoms. The molecule has 1 aromatic carbocycles. The minimum absolute atomic E-state index is 0.0565. The highest BCUT2D eigenvalue weighted by Crippen LogP contribution is 2.26. The maximum absolute atomic E-state index is 11.4. The molecule has 0 fully saturated rings. The van der Waals surface area contributed by atoms with Crippen LogP contribution in [0.5, 0.6) is 0 Å². The number of carbonyl (C=O) groups is 1. The van der Waals surface area contributed by atoms with Gasteiger partial charge in [-0.15, -0.1) is 0 Å². The fourth-order valence-electron chi connectivity index (χ4n) is 1.94. The van der Waals surface area contributed by atoms with Gasteiger partial charge in [-0.1, -0.05) is 29.4 Å². The van der Waals surface area contributed by atoms with E-state index in [0.29, 0.717) is 16.4 Å². The number of nitrogens with one attached hydrogen (secondary N) is 1. The molecule has 0 saturated heterocycles. The normalized spacial score (nSPS) is 10.8. The number of hydrogen-bond donors (Lipinski definition) is 1. The van der Waals surface area contributed by atoms with Crippen molar-refractivity contribution in [3.05, 3.63) is 41.8 Å². The van der Waals surface area contributed by atoms with E-state index in [4.69, 9.17) is 11.6 Å². The topological polar surface area (TPSA) is 72.7 Å². The van der Waals surface area contributed by atoms with Gasteiger partial charge in [0.25, 0.3) is 0 Å². The minimum atomic E-state index is -0.0565. The van der Waals surface area contributed by atoms with Crippen LogP contribution in [-0.2, 0) is 4.79 Å². The molecule has 0 bridgehead atoms. The van der Waals surface area contributed by atoms with Gasteiger partial charge in [0.15, 0.2) is 5.65 Å². The van der Waals surface area contributed by atoms with Crippen LogP contribution in [0, 0.1) is 0 Å². The molecule has 2 heterocycles. The van der Waals surface area contributed by atoms with Crippen LogP contribution in [0.1, 0.15) is 0 Å². The van der Waals surface area contributed by atoms with Crippen molar-refractivity contribution in [3.8, 4) is 5.69 Å². The molecule has 112 valence electrons. The predicted molar refractivity (Wildman–Crippen MR) is 86.5 cm³/mol. The van der Waals surface area contributed by atoms with E-state index in [0.717, 1.165) is 16.1 Å². The quantitative estimate of drug-likeness (QED) is 0.586. The number of aromatic nitrogens is 4. The van der Waals surface area contributed by atoms with Crippen LogP contribution in [0.4, 0.5) is 0 Å². The Morgan fingerprint density at radius 2 is 2.27 bits per heavy atom. The molecule has 0 radical (unpaired) electrons. The number of nitrogens with zero attached hydrogens (tertiary/aromatic N) is 4. The van der Waals surface area contributed by atoms with E-state index < -0.39 is 0 Å². The zero-order chi connectivity index (χ0) is 15.5. The maximum atomic E-state index is 11.4. The molecule has 0 aliphatic carbocycles. The molecule has 1 amide bonds. The molecule has 6 nitrogen and oxygen atoms in total. The van der Waals surface area contributed by atoms with E-state index in [2.05, 4.69) is 20.4 Å². The Bertz CT molecular complexity index is 835. The van der Waals surface area contributed by atoms with Gasteiger partial charge in [0, 0.05) is 12.1 Å². The average Bonchev–Trinajstić information content (AvgIpc) is 2.97. The highest BCUT2D eigenvalue weighted by Gasteiger charge is 2.12. The Kier molecular flexibility index (Phi) is 4.26. The Hall–Kier alpha value is -2.12. The van der Waals surface area contributed by atoms with Gasteiger partial charge in [0.05, 0.1) is 23.0 Å². The summed E-state index contributed by atoms with van der Waals surface area (Å²) in [5.74, 6) is 0.240. The third-order valence-corrected chi connectivity index (χ3v) is 4.24. The first-order valence-corrected chi connectivity index (χ1v) is 7.83. The maximum Gasteiger partial charge on any atom is 0.230 e. The lowest BCUT2D eigenvalue weighted by Crippen LogP contribution is -2.19. The Labute approximate surface area is 135 Å². The first-order valence-electron chi connectivity index (χ1n) is 6.47. The zero-order valence-corrected chi connectivity index (χ0v) is 13.2. The number of fused-ring (bicyclic) bond motifs is 1. The van der Waals surface area contributed by atoms with Gasteiger partial charge < -0.3 is 5.32 Å². The molecule has 0 saturated carbocycles. The van der Waals surface area contributed by atoms with Crippen LogP contribution in [0.15, 0.2) is 41.8 Å². The van der Waals surface area contributed by atoms with E-state index in [-0.39, 0.29) is 5.91 Å². The third kappa shape index (κ3) is 2.90. The van der Waals surface area contributed by atoms with Crippen LogP contribution in [-0.4, -0.2) is 38.5 Å². The van der Waals surface area contributed by atoms with Crippen LogP contribution in [0.3, 0.4) is 0 Å². The van der Waals surface area contributed by atoms with Crippen molar-refractivity contribution in [1.82, 2.24) is 25.1 Å². The molecule has 2 aromatic heterocycles. The summed E-state index contributed by atoms with van der Waals surface area (Å²) in [6, 6.07) is 7.37. The van der Waals surface area contributed by atoms with Crippen molar-refractivity contribution in [2.45, 2.75) is 5.03 Å². The lowest BCUT2D eigenvalue weighted by Gasteiger charge is -2.04. The smallest absolute Gasteiger partial charge is 0.230 e. The summed E-state index contributed by atoms with van der Waals surface area (Å²) < 4.78 is 1.70. The molecule has 1 N–H and O–H groups in total. The average molecular weight is 334 g/mol. The lowest BCUT2D eigenvalue weighted by atomic mass is 10.3. The lowest BCUT2D eigenvalue weighted by molar-refractivity contribution is -0.118. The summed E-state index contributed by atoms with van der Waals surface area (Å²) in [5, 5.41) is 9.09. The molecular formula is C14H12ClN5OS. The van der Waals surface area contributed by atoms with Gasteiger partial charge in [-0.3, -0.25) is 4.79 Å². The molecule has 0 aliphatic rings. The van der Waals surface area contributed by atoms with Crippen molar-refractivity contribution < 1.29 is 4.79 Å². The second-order valence-corrected chi connectivity index (χ2v) is 5.81. The monoisotopic (exact) mass is 333 g/mol. The Balaban J connectivity index is 2.00. The van der Waals surface area contributed by atoms with Crippen molar-refractivity contribution in [2.24, 2.45) is 0 Å². The zero-order valence-electron chi connectivity index (χ0n) is 11.7. The van der Waals surface area contributed by atoms with Gasteiger partial charge in [-0.2, -0.15) is 5.10 Å². The van der Waals surface area contributed by atoms with Crippen molar-refractivity contribution >= 4 is 40.3 Å². The summed E-state index contributed by atoms with van der Waals surface area (Å²) in [6.45, 7) is 0. The SMILES string of the molecule is CNC(=O)CSc1ncnc2c1cnn2-c1cccc(Cl)c1. The number of halogens is 1.